The van der Waals surface area contributed by atoms with Crippen LogP contribution in [0.5, 0.6) is 0 Å². The molecule has 0 saturated carbocycles. The van der Waals surface area contributed by atoms with E-state index in [0.29, 0.717) is 65.7 Å². The minimum absolute atomic E-state index is 0.224. The molecule has 7 aromatic rings. The fourth-order valence-electron chi connectivity index (χ4n) is 7.20. The smallest absolute Gasteiger partial charge is 0.338 e. The van der Waals surface area contributed by atoms with Gasteiger partial charge >= 0.3 is 23.9 Å². The minimum atomic E-state index is -0.486. The molecular weight excluding hydrogens is 884 g/mol. The van der Waals surface area contributed by atoms with Crippen molar-refractivity contribution in [2.75, 3.05) is 26.4 Å². The lowest BCUT2D eigenvalue weighted by atomic mass is 9.90. The number of hydrogen-bond donors (Lipinski definition) is 0. The molecule has 0 aliphatic carbocycles. The van der Waals surface area contributed by atoms with Crippen LogP contribution in [0.3, 0.4) is 0 Å². The quantitative estimate of drug-likeness (QED) is 0.0831. The van der Waals surface area contributed by atoms with E-state index in [9.17, 15) is 19.2 Å². The van der Waals surface area contributed by atoms with Crippen LogP contribution in [0.4, 0.5) is 0 Å². The van der Waals surface area contributed by atoms with E-state index in [1.54, 1.807) is 70.2 Å². The summed E-state index contributed by atoms with van der Waals surface area (Å²) in [7, 11) is 0. The van der Waals surface area contributed by atoms with Gasteiger partial charge in [-0.2, -0.15) is 0 Å². The monoisotopic (exact) mass is 936 g/mol. The molecule has 0 atom stereocenters. The number of carbonyl (C=O) groups excluding carboxylic acids is 4. The maximum atomic E-state index is 13.0. The summed E-state index contributed by atoms with van der Waals surface area (Å²) in [6, 6.07) is 46.7. The molecule has 67 heavy (non-hydrogen) atoms. The second kappa shape index (κ2) is 25.1. The van der Waals surface area contributed by atoms with Crippen LogP contribution < -0.4 is 0 Å². The number of esters is 4. The van der Waals surface area contributed by atoms with E-state index in [4.69, 9.17) is 42.1 Å². The highest BCUT2D eigenvalue weighted by molar-refractivity contribution is 6.34. The summed E-state index contributed by atoms with van der Waals surface area (Å²) < 4.78 is 21.3. The van der Waals surface area contributed by atoms with Crippen LogP contribution in [-0.2, 0) is 18.9 Å². The van der Waals surface area contributed by atoms with Crippen LogP contribution in [0.15, 0.2) is 152 Å². The molecular formula is C57H54Cl2O8. The van der Waals surface area contributed by atoms with Gasteiger partial charge in [0.2, 0.25) is 0 Å². The standard InChI is InChI=1S/C30H25ClO4.C25H23ClO4.C2H6/c1-3-34-29(32)26-19-25(23-12-8-9-13-28(23)31)27(30(33)35-4-2)18-24(26)22-16-14-21(15-17-22)20-10-6-5-7-11-20;1-4-29-24(27)21-15-20(18-8-6-7-9-23(18)26)22(25(28)30-5-2)14-19(21)17-12-10-16(3)11-13-17;1-2/h5-19H,3-4H2,1-2H3;6-15H,4-5H2,1-3H3;1-2H3. The molecule has 0 spiro atoms. The van der Waals surface area contributed by atoms with Gasteiger partial charge in [0.1, 0.15) is 0 Å². The van der Waals surface area contributed by atoms with Gasteiger partial charge in [-0.05, 0) is 116 Å². The van der Waals surface area contributed by atoms with E-state index in [1.165, 1.54) is 0 Å². The lowest BCUT2D eigenvalue weighted by molar-refractivity contribution is 0.0513. The van der Waals surface area contributed by atoms with Gasteiger partial charge in [0, 0.05) is 21.2 Å². The highest BCUT2D eigenvalue weighted by atomic mass is 35.5. The molecule has 0 aliphatic rings. The molecule has 10 heteroatoms. The number of hydrogen-bond acceptors (Lipinski definition) is 8. The molecule has 0 N–H and O–H groups in total. The number of aryl methyl sites for hydroxylation is 1. The van der Waals surface area contributed by atoms with E-state index in [2.05, 4.69) is 0 Å². The molecule has 0 bridgehead atoms. The van der Waals surface area contributed by atoms with E-state index in [0.717, 1.165) is 27.8 Å². The van der Waals surface area contributed by atoms with Crippen LogP contribution in [-0.4, -0.2) is 50.3 Å². The molecule has 0 heterocycles. The summed E-state index contributed by atoms with van der Waals surface area (Å²) >= 11 is 12.9. The first-order valence-corrected chi connectivity index (χ1v) is 23.0. The van der Waals surface area contributed by atoms with Crippen molar-refractivity contribution in [2.45, 2.75) is 48.5 Å². The van der Waals surface area contributed by atoms with Gasteiger partial charge in [0.05, 0.1) is 48.7 Å². The maximum Gasteiger partial charge on any atom is 0.338 e. The average molecular weight is 938 g/mol. The van der Waals surface area contributed by atoms with Crippen LogP contribution in [0.2, 0.25) is 10.0 Å². The van der Waals surface area contributed by atoms with Gasteiger partial charge in [-0.1, -0.05) is 158 Å². The third-order valence-corrected chi connectivity index (χ3v) is 10.9. The molecule has 0 amide bonds. The normalized spacial score (nSPS) is 10.3. The molecule has 0 aliphatic heterocycles. The lowest BCUT2D eigenvalue weighted by Gasteiger charge is -2.17. The van der Waals surface area contributed by atoms with Gasteiger partial charge < -0.3 is 18.9 Å². The summed E-state index contributed by atoms with van der Waals surface area (Å²) in [5.74, 6) is -1.90. The van der Waals surface area contributed by atoms with Gasteiger partial charge in [0.25, 0.3) is 0 Å². The molecule has 0 aromatic heterocycles. The Balaban J connectivity index is 0.000000245. The highest BCUT2D eigenvalue weighted by Crippen LogP contribution is 2.39. The Morgan fingerprint density at radius 1 is 0.358 bits per heavy atom. The zero-order chi connectivity index (χ0) is 48.5. The summed E-state index contributed by atoms with van der Waals surface area (Å²) in [6.45, 7) is 13.9. The molecule has 8 nitrogen and oxygen atoms in total. The van der Waals surface area contributed by atoms with Crippen molar-refractivity contribution in [3.8, 4) is 55.6 Å². The predicted octanol–water partition coefficient (Wildman–Crippen LogP) is 15.1. The van der Waals surface area contributed by atoms with E-state index in [1.807, 2.05) is 130 Å². The van der Waals surface area contributed by atoms with Crippen molar-refractivity contribution in [3.63, 3.8) is 0 Å². The molecule has 7 aromatic carbocycles. The largest absolute Gasteiger partial charge is 0.462 e. The van der Waals surface area contributed by atoms with Crippen molar-refractivity contribution in [2.24, 2.45) is 0 Å². The van der Waals surface area contributed by atoms with Crippen LogP contribution >= 0.6 is 23.2 Å². The van der Waals surface area contributed by atoms with Gasteiger partial charge in [-0.25, -0.2) is 19.2 Å². The van der Waals surface area contributed by atoms with Crippen molar-refractivity contribution in [1.82, 2.24) is 0 Å². The molecule has 0 radical (unpaired) electrons. The average Bonchev–Trinajstić information content (AvgIpc) is 3.35. The Bertz CT molecular complexity index is 2800. The zero-order valence-electron chi connectivity index (χ0n) is 38.8. The fraction of sp³-hybridized carbons (Fsp3) is 0.193. The molecule has 0 saturated heterocycles. The minimum Gasteiger partial charge on any atom is -0.462 e. The zero-order valence-corrected chi connectivity index (χ0v) is 40.3. The number of benzene rings is 7. The Labute approximate surface area is 403 Å². The third-order valence-electron chi connectivity index (χ3n) is 10.3. The highest BCUT2D eigenvalue weighted by Gasteiger charge is 2.25. The summed E-state index contributed by atoms with van der Waals surface area (Å²) in [6.07, 6.45) is 0. The predicted molar refractivity (Wildman–Crippen MR) is 270 cm³/mol. The van der Waals surface area contributed by atoms with E-state index < -0.39 is 23.9 Å². The third kappa shape index (κ3) is 12.7. The molecule has 0 fully saturated rings. The van der Waals surface area contributed by atoms with E-state index >= 15 is 0 Å². The summed E-state index contributed by atoms with van der Waals surface area (Å²) in [4.78, 5) is 51.7. The first-order valence-electron chi connectivity index (χ1n) is 22.3. The van der Waals surface area contributed by atoms with Crippen molar-refractivity contribution in [1.29, 1.82) is 0 Å². The first kappa shape index (κ1) is 51.0. The SMILES string of the molecule is CC.CCOC(=O)c1cc(-c2ccccc2Cl)c(C(=O)OCC)cc1-c1ccc(-c2ccccc2)cc1.CCOC(=O)c1cc(-c2ccccc2Cl)c(C(=O)OCC)cc1-c1ccc(C)cc1. The Morgan fingerprint density at radius 3 is 1.00 bits per heavy atom. The fourth-order valence-corrected chi connectivity index (χ4v) is 7.67. The second-order valence-corrected chi connectivity index (χ2v) is 15.4. The van der Waals surface area contributed by atoms with Gasteiger partial charge in [-0.3, -0.25) is 0 Å². The summed E-state index contributed by atoms with van der Waals surface area (Å²) in [5, 5.41) is 0.939. The lowest BCUT2D eigenvalue weighted by Crippen LogP contribution is -2.12. The van der Waals surface area contributed by atoms with Crippen LogP contribution in [0, 0.1) is 6.92 Å². The Hall–Kier alpha value is -7.00. The van der Waals surface area contributed by atoms with E-state index in [-0.39, 0.29) is 26.4 Å². The first-order chi connectivity index (χ1) is 32.5. The van der Waals surface area contributed by atoms with Gasteiger partial charge in [-0.15, -0.1) is 0 Å². The second-order valence-electron chi connectivity index (χ2n) is 14.5. The Morgan fingerprint density at radius 2 is 0.642 bits per heavy atom. The molecule has 0 unspecified atom stereocenters. The topological polar surface area (TPSA) is 105 Å². The van der Waals surface area contributed by atoms with Crippen molar-refractivity contribution >= 4 is 47.1 Å². The maximum absolute atomic E-state index is 13.0. The van der Waals surface area contributed by atoms with Crippen LogP contribution in [0.25, 0.3) is 55.6 Å². The number of ether oxygens (including phenoxy) is 4. The van der Waals surface area contributed by atoms with Crippen molar-refractivity contribution < 1.29 is 38.1 Å². The molecule has 344 valence electrons. The number of halogens is 2. The Kier molecular flexibility index (Phi) is 19.1. The number of rotatable bonds is 13. The number of carbonyl (C=O) groups is 4. The molecule has 7 rings (SSSR count). The van der Waals surface area contributed by atoms with Crippen molar-refractivity contribution in [3.05, 3.63) is 190 Å². The van der Waals surface area contributed by atoms with Crippen LogP contribution in [0.1, 0.15) is 88.5 Å². The van der Waals surface area contributed by atoms with Gasteiger partial charge in [0.15, 0.2) is 0 Å². The summed E-state index contributed by atoms with van der Waals surface area (Å²) in [5.41, 5.74) is 9.70.